The maximum absolute atomic E-state index is 12.4. The zero-order chi connectivity index (χ0) is 19.9. The molecule has 1 aromatic carbocycles. The topological polar surface area (TPSA) is 90.3 Å². The van der Waals surface area contributed by atoms with Crippen LogP contribution in [0, 0.1) is 0 Å². The number of carbonyl (C=O) groups is 3. The fourth-order valence-electron chi connectivity index (χ4n) is 2.35. The summed E-state index contributed by atoms with van der Waals surface area (Å²) in [5.41, 5.74) is 3.38. The smallest absolute Gasteiger partial charge is 0.339 e. The van der Waals surface area contributed by atoms with Gasteiger partial charge in [-0.3, -0.25) is 14.9 Å². The lowest BCUT2D eigenvalue weighted by Gasteiger charge is -2.09. The Hall–Kier alpha value is -2.91. The molecule has 0 fully saturated rings. The number of nitrogens with one attached hydrogen (secondary N) is 1. The van der Waals surface area contributed by atoms with Crippen molar-refractivity contribution in [1.82, 2.24) is 14.9 Å². The van der Waals surface area contributed by atoms with Crippen LogP contribution in [-0.2, 0) is 22.3 Å². The number of thioether (sulfide) groups is 1. The number of aromatic nitrogens is 2. The van der Waals surface area contributed by atoms with Gasteiger partial charge in [0, 0.05) is 29.3 Å². The third-order valence-corrected chi connectivity index (χ3v) is 5.47. The number of rotatable bonds is 7. The molecule has 144 valence electrons. The van der Waals surface area contributed by atoms with Crippen LogP contribution < -0.4 is 5.32 Å². The van der Waals surface area contributed by atoms with Crippen molar-refractivity contribution in [3.05, 3.63) is 70.4 Å². The SMILES string of the molecule is Cn1cccc1C(=O)NC(=O)COC(=O)c1ccccc1SCc1cscn1. The highest BCUT2D eigenvalue weighted by Gasteiger charge is 2.17. The minimum absolute atomic E-state index is 0.337. The van der Waals surface area contributed by atoms with Crippen molar-refractivity contribution < 1.29 is 19.1 Å². The van der Waals surface area contributed by atoms with Crippen molar-refractivity contribution in [2.24, 2.45) is 7.05 Å². The summed E-state index contributed by atoms with van der Waals surface area (Å²) in [5.74, 6) is -1.23. The fourth-order valence-corrected chi connectivity index (χ4v) is 3.96. The summed E-state index contributed by atoms with van der Waals surface area (Å²) < 4.78 is 6.67. The van der Waals surface area contributed by atoms with Gasteiger partial charge in [-0.15, -0.1) is 23.1 Å². The lowest BCUT2D eigenvalue weighted by molar-refractivity contribution is -0.123. The standard InChI is InChI=1S/C19H17N3O4S2/c1-22-8-4-6-15(22)18(24)21-17(23)9-26-19(25)14-5-2-3-7-16(14)28-11-13-10-27-12-20-13/h2-8,10,12H,9,11H2,1H3,(H,21,23,24). The quantitative estimate of drug-likeness (QED) is 0.471. The van der Waals surface area contributed by atoms with Crippen LogP contribution in [0.15, 0.2) is 58.4 Å². The van der Waals surface area contributed by atoms with Crippen LogP contribution in [0.4, 0.5) is 0 Å². The molecule has 3 rings (SSSR count). The van der Waals surface area contributed by atoms with Gasteiger partial charge in [-0.05, 0) is 24.3 Å². The third-order valence-electron chi connectivity index (χ3n) is 3.73. The number of esters is 1. The molecule has 7 nitrogen and oxygen atoms in total. The van der Waals surface area contributed by atoms with Crippen molar-refractivity contribution in [1.29, 1.82) is 0 Å². The van der Waals surface area contributed by atoms with Crippen LogP contribution >= 0.6 is 23.1 Å². The Labute approximate surface area is 169 Å². The molecule has 2 heterocycles. The van der Waals surface area contributed by atoms with Crippen LogP contribution in [0.3, 0.4) is 0 Å². The van der Waals surface area contributed by atoms with Crippen molar-refractivity contribution in [2.45, 2.75) is 10.6 Å². The van der Waals surface area contributed by atoms with E-state index in [0.717, 1.165) is 10.6 Å². The average molecular weight is 415 g/mol. The van der Waals surface area contributed by atoms with Crippen molar-refractivity contribution >= 4 is 40.9 Å². The molecule has 3 aromatic rings. The van der Waals surface area contributed by atoms with Gasteiger partial charge in [-0.1, -0.05) is 12.1 Å². The van der Waals surface area contributed by atoms with Gasteiger partial charge in [0.1, 0.15) is 5.69 Å². The fraction of sp³-hybridized carbons (Fsp3) is 0.158. The second-order valence-corrected chi connectivity index (χ2v) is 7.46. The molecule has 0 saturated heterocycles. The molecule has 0 aliphatic rings. The molecule has 0 aliphatic carbocycles. The Morgan fingerprint density at radius 2 is 2.04 bits per heavy atom. The monoisotopic (exact) mass is 415 g/mol. The Kier molecular flexibility index (Phi) is 6.62. The lowest BCUT2D eigenvalue weighted by atomic mass is 10.2. The van der Waals surface area contributed by atoms with E-state index in [-0.39, 0.29) is 0 Å². The molecule has 0 radical (unpaired) electrons. The van der Waals surface area contributed by atoms with Gasteiger partial charge in [0.05, 0.1) is 16.8 Å². The Balaban J connectivity index is 1.55. The summed E-state index contributed by atoms with van der Waals surface area (Å²) in [6.07, 6.45) is 1.69. The Bertz CT molecular complexity index is 983. The average Bonchev–Trinajstić information content (AvgIpc) is 3.36. The highest BCUT2D eigenvalue weighted by atomic mass is 32.2. The van der Waals surface area contributed by atoms with Crippen molar-refractivity contribution in [3.8, 4) is 0 Å². The maximum Gasteiger partial charge on any atom is 0.339 e. The number of aryl methyl sites for hydroxylation is 1. The molecule has 0 saturated carbocycles. The van der Waals surface area contributed by atoms with Gasteiger partial charge in [0.2, 0.25) is 0 Å². The van der Waals surface area contributed by atoms with Gasteiger partial charge in [0.15, 0.2) is 6.61 Å². The predicted octanol–water partition coefficient (Wildman–Crippen LogP) is 2.89. The van der Waals surface area contributed by atoms with Gasteiger partial charge in [-0.25, -0.2) is 9.78 Å². The summed E-state index contributed by atoms with van der Waals surface area (Å²) in [6, 6.07) is 10.3. The molecular formula is C19H17N3O4S2. The molecule has 0 aliphatic heterocycles. The van der Waals surface area contributed by atoms with Crippen LogP contribution in [-0.4, -0.2) is 33.9 Å². The number of hydrogen-bond acceptors (Lipinski definition) is 7. The van der Waals surface area contributed by atoms with Gasteiger partial charge >= 0.3 is 5.97 Å². The number of thiazole rings is 1. The summed E-state index contributed by atoms with van der Waals surface area (Å²) in [7, 11) is 1.69. The highest BCUT2D eigenvalue weighted by Crippen LogP contribution is 2.26. The number of ether oxygens (including phenoxy) is 1. The van der Waals surface area contributed by atoms with Crippen molar-refractivity contribution in [3.63, 3.8) is 0 Å². The summed E-state index contributed by atoms with van der Waals surface area (Å²) >= 11 is 2.98. The van der Waals surface area contributed by atoms with Crippen LogP contribution in [0.5, 0.6) is 0 Å². The molecule has 28 heavy (non-hydrogen) atoms. The van der Waals surface area contributed by atoms with Crippen LogP contribution in [0.25, 0.3) is 0 Å². The van der Waals surface area contributed by atoms with E-state index in [4.69, 9.17) is 4.74 Å². The Morgan fingerprint density at radius 1 is 1.21 bits per heavy atom. The number of hydrogen-bond donors (Lipinski definition) is 1. The zero-order valence-corrected chi connectivity index (χ0v) is 16.6. The van der Waals surface area contributed by atoms with Crippen LogP contribution in [0.2, 0.25) is 0 Å². The largest absolute Gasteiger partial charge is 0.452 e. The summed E-state index contributed by atoms with van der Waals surface area (Å²) in [4.78, 5) is 41.3. The second-order valence-electron chi connectivity index (χ2n) is 5.72. The third kappa shape index (κ3) is 5.08. The minimum atomic E-state index is -0.688. The maximum atomic E-state index is 12.4. The van der Waals surface area contributed by atoms with E-state index in [1.54, 1.807) is 47.6 Å². The first-order valence-electron chi connectivity index (χ1n) is 8.26. The van der Waals surface area contributed by atoms with E-state index < -0.39 is 24.4 Å². The Morgan fingerprint density at radius 3 is 2.75 bits per heavy atom. The first kappa shape index (κ1) is 19.8. The molecule has 2 aromatic heterocycles. The van der Waals surface area contributed by atoms with E-state index in [0.29, 0.717) is 17.0 Å². The molecule has 0 atom stereocenters. The molecule has 2 amide bonds. The first-order chi connectivity index (χ1) is 13.5. The van der Waals surface area contributed by atoms with E-state index in [1.165, 1.54) is 23.1 Å². The number of nitrogens with zero attached hydrogens (tertiary/aromatic N) is 2. The molecule has 0 unspecified atom stereocenters. The van der Waals surface area contributed by atoms with Crippen molar-refractivity contribution in [2.75, 3.05) is 6.61 Å². The van der Waals surface area contributed by atoms with E-state index in [2.05, 4.69) is 10.3 Å². The summed E-state index contributed by atoms with van der Waals surface area (Å²) in [6.45, 7) is -0.542. The predicted molar refractivity (Wildman–Crippen MR) is 106 cm³/mol. The molecular weight excluding hydrogens is 398 g/mol. The molecule has 0 bridgehead atoms. The van der Waals surface area contributed by atoms with E-state index in [9.17, 15) is 14.4 Å². The van der Waals surface area contributed by atoms with E-state index >= 15 is 0 Å². The number of amides is 2. The summed E-state index contributed by atoms with van der Waals surface area (Å²) in [5, 5.41) is 4.15. The number of carbonyl (C=O) groups excluding carboxylic acids is 3. The lowest BCUT2D eigenvalue weighted by Crippen LogP contribution is -2.35. The second kappa shape index (κ2) is 9.34. The zero-order valence-electron chi connectivity index (χ0n) is 15.0. The molecule has 9 heteroatoms. The van der Waals surface area contributed by atoms with Gasteiger partial charge in [0.25, 0.3) is 11.8 Å². The number of benzene rings is 1. The van der Waals surface area contributed by atoms with Crippen LogP contribution in [0.1, 0.15) is 26.5 Å². The minimum Gasteiger partial charge on any atom is -0.452 e. The van der Waals surface area contributed by atoms with Gasteiger partial charge in [-0.2, -0.15) is 0 Å². The number of imide groups is 1. The normalized spacial score (nSPS) is 10.5. The molecule has 0 spiro atoms. The first-order valence-corrected chi connectivity index (χ1v) is 10.2. The molecule has 1 N–H and O–H groups in total. The van der Waals surface area contributed by atoms with Gasteiger partial charge < -0.3 is 9.30 Å². The van der Waals surface area contributed by atoms with E-state index in [1.807, 2.05) is 17.5 Å². The highest BCUT2D eigenvalue weighted by molar-refractivity contribution is 7.98.